The van der Waals surface area contributed by atoms with Crippen molar-refractivity contribution in [3.05, 3.63) is 48.0 Å². The summed E-state index contributed by atoms with van der Waals surface area (Å²) in [4.78, 5) is 0. The topological polar surface area (TPSA) is 8.81 Å². The maximum atomic E-state index is 2.44. The zero-order chi connectivity index (χ0) is 16.4. The summed E-state index contributed by atoms with van der Waals surface area (Å²) in [5.41, 5.74) is 4.29. The lowest BCUT2D eigenvalue weighted by Crippen LogP contribution is -3.00. The summed E-state index contributed by atoms with van der Waals surface area (Å²) < 4.78 is 4.81. The Morgan fingerprint density at radius 3 is 2.08 bits per heavy atom. The van der Waals surface area contributed by atoms with Crippen LogP contribution in [0.15, 0.2) is 36.9 Å². The second kappa shape index (κ2) is 8.20. The van der Waals surface area contributed by atoms with E-state index in [2.05, 4.69) is 73.7 Å². The van der Waals surface area contributed by atoms with Crippen LogP contribution in [0, 0.1) is 0 Å². The number of benzene rings is 1. The van der Waals surface area contributed by atoms with Crippen LogP contribution >= 0.6 is 0 Å². The van der Waals surface area contributed by atoms with Crippen molar-refractivity contribution in [1.29, 1.82) is 0 Å². The lowest BCUT2D eigenvalue weighted by atomic mass is 9.92. The summed E-state index contributed by atoms with van der Waals surface area (Å²) in [5, 5.41) is 0. The molecule has 0 N–H and O–H groups in total. The maximum Gasteiger partial charge on any atom is 0.249 e. The Labute approximate surface area is 153 Å². The highest BCUT2D eigenvalue weighted by Crippen LogP contribution is 2.30. The van der Waals surface area contributed by atoms with Crippen molar-refractivity contribution in [1.82, 2.24) is 4.57 Å². The second-order valence-electron chi connectivity index (χ2n) is 7.65. The molecule has 0 unspecified atom stereocenters. The summed E-state index contributed by atoms with van der Waals surface area (Å²) >= 11 is 0. The summed E-state index contributed by atoms with van der Waals surface area (Å²) in [6.45, 7) is 9.17. The molecule has 1 saturated carbocycles. The molecule has 1 aromatic heterocycles. The van der Waals surface area contributed by atoms with Crippen LogP contribution < -0.4 is 17.0 Å². The smallest absolute Gasteiger partial charge is 0.249 e. The Hall–Kier alpha value is -1.28. The predicted octanol–water partition coefficient (Wildman–Crippen LogP) is 2.52. The fourth-order valence-corrected chi connectivity index (χ4v) is 3.91. The normalized spacial score (nSPS) is 15.8. The van der Waals surface area contributed by atoms with Crippen LogP contribution in [-0.2, 0) is 0 Å². The van der Waals surface area contributed by atoms with Gasteiger partial charge in [0.25, 0.3) is 0 Å². The van der Waals surface area contributed by atoms with Crippen LogP contribution in [0.3, 0.4) is 0 Å². The van der Waals surface area contributed by atoms with Crippen molar-refractivity contribution >= 4 is 0 Å². The number of aromatic nitrogens is 2. The summed E-state index contributed by atoms with van der Waals surface area (Å²) in [6, 6.07) is 7.49. The number of hydrogen-bond acceptors (Lipinski definition) is 0. The zero-order valence-corrected chi connectivity index (χ0v) is 16.3. The third kappa shape index (κ3) is 3.85. The second-order valence-corrected chi connectivity index (χ2v) is 7.65. The molecular formula is C21H31ClN2. The number of imidazole rings is 1. The molecule has 1 aliphatic carbocycles. The molecule has 1 aliphatic rings. The average molecular weight is 347 g/mol. The van der Waals surface area contributed by atoms with Crippen molar-refractivity contribution in [2.24, 2.45) is 0 Å². The molecule has 2 nitrogen and oxygen atoms in total. The molecule has 132 valence electrons. The van der Waals surface area contributed by atoms with E-state index in [9.17, 15) is 0 Å². The van der Waals surface area contributed by atoms with Gasteiger partial charge in [-0.15, -0.1) is 0 Å². The molecular weight excluding hydrogens is 316 g/mol. The van der Waals surface area contributed by atoms with E-state index in [1.54, 1.807) is 0 Å². The van der Waals surface area contributed by atoms with Gasteiger partial charge in [0.1, 0.15) is 24.1 Å². The molecule has 3 heteroatoms. The largest absolute Gasteiger partial charge is 1.00 e. The number of halogens is 1. The maximum absolute atomic E-state index is 2.44. The molecule has 1 fully saturated rings. The van der Waals surface area contributed by atoms with Crippen LogP contribution in [0.5, 0.6) is 0 Å². The standard InChI is InChI=1S/C21H31N2.ClH/c1-16(2)19-11-8-12-20(17(3)4)21(19)23-14-13-22(15-23)18-9-6-5-7-10-18;/h8,11-18H,5-7,9-10H2,1-4H3;1H/q+1;/p-1. The van der Waals surface area contributed by atoms with Gasteiger partial charge in [-0.2, -0.15) is 0 Å². The van der Waals surface area contributed by atoms with Crippen LogP contribution in [0.1, 0.15) is 88.8 Å². The Morgan fingerprint density at radius 1 is 0.958 bits per heavy atom. The zero-order valence-electron chi connectivity index (χ0n) is 15.5. The molecule has 0 radical (unpaired) electrons. The van der Waals surface area contributed by atoms with E-state index in [0.717, 1.165) is 0 Å². The van der Waals surface area contributed by atoms with Gasteiger partial charge in [0.15, 0.2) is 0 Å². The van der Waals surface area contributed by atoms with Crippen LogP contribution in [0.2, 0.25) is 0 Å². The van der Waals surface area contributed by atoms with Crippen molar-refractivity contribution in [3.63, 3.8) is 0 Å². The van der Waals surface area contributed by atoms with Crippen LogP contribution in [0.25, 0.3) is 5.69 Å². The molecule has 0 bridgehead atoms. The van der Waals surface area contributed by atoms with Gasteiger partial charge < -0.3 is 12.4 Å². The van der Waals surface area contributed by atoms with Crippen molar-refractivity contribution in [2.45, 2.75) is 77.7 Å². The molecule has 1 heterocycles. The van der Waals surface area contributed by atoms with Crippen LogP contribution in [0.4, 0.5) is 0 Å². The summed E-state index contributed by atoms with van der Waals surface area (Å²) in [6.07, 6.45) is 13.7. The first-order valence-corrected chi connectivity index (χ1v) is 9.30. The Balaban J connectivity index is 0.00000208. The van der Waals surface area contributed by atoms with Gasteiger partial charge in [0, 0.05) is 11.1 Å². The van der Waals surface area contributed by atoms with Gasteiger partial charge in [-0.05, 0) is 37.5 Å². The first kappa shape index (κ1) is 19.1. The number of nitrogens with zero attached hydrogens (tertiary/aromatic N) is 2. The van der Waals surface area contributed by atoms with E-state index in [4.69, 9.17) is 0 Å². The average Bonchev–Trinajstić information content (AvgIpc) is 3.04. The fraction of sp³-hybridized carbons (Fsp3) is 0.571. The molecule has 0 spiro atoms. The number of hydrogen-bond donors (Lipinski definition) is 0. The predicted molar refractivity (Wildman–Crippen MR) is 96.3 cm³/mol. The molecule has 24 heavy (non-hydrogen) atoms. The monoisotopic (exact) mass is 346 g/mol. The number of rotatable bonds is 4. The molecule has 3 rings (SSSR count). The Morgan fingerprint density at radius 2 is 1.54 bits per heavy atom. The molecule has 0 saturated heterocycles. The van der Waals surface area contributed by atoms with E-state index in [1.165, 1.54) is 48.9 Å². The summed E-state index contributed by atoms with van der Waals surface area (Å²) in [7, 11) is 0. The SMILES string of the molecule is CC(C)c1cccc(C(C)C)c1-[n+]1ccn(C2CCCCC2)c1.[Cl-]. The summed E-state index contributed by atoms with van der Waals surface area (Å²) in [5.74, 6) is 1.07. The highest BCUT2D eigenvalue weighted by atomic mass is 35.5. The van der Waals surface area contributed by atoms with Gasteiger partial charge in [0.05, 0.1) is 0 Å². The highest BCUT2D eigenvalue weighted by Gasteiger charge is 2.23. The van der Waals surface area contributed by atoms with E-state index < -0.39 is 0 Å². The van der Waals surface area contributed by atoms with Gasteiger partial charge in [-0.3, -0.25) is 0 Å². The van der Waals surface area contributed by atoms with E-state index in [-0.39, 0.29) is 12.4 Å². The lowest BCUT2D eigenvalue weighted by Gasteiger charge is -2.19. The van der Waals surface area contributed by atoms with Crippen LogP contribution in [-0.4, -0.2) is 4.57 Å². The Kier molecular flexibility index (Phi) is 6.51. The first-order valence-electron chi connectivity index (χ1n) is 9.30. The molecule has 2 aromatic rings. The van der Waals surface area contributed by atoms with Gasteiger partial charge in [0.2, 0.25) is 6.33 Å². The minimum atomic E-state index is 0. The van der Waals surface area contributed by atoms with Gasteiger partial charge >= 0.3 is 0 Å². The fourth-order valence-electron chi connectivity index (χ4n) is 3.91. The third-order valence-electron chi connectivity index (χ3n) is 5.25. The molecule has 0 aliphatic heterocycles. The van der Waals surface area contributed by atoms with E-state index in [1.807, 2.05) is 0 Å². The first-order chi connectivity index (χ1) is 11.1. The molecule has 0 amide bonds. The van der Waals surface area contributed by atoms with Crippen molar-refractivity contribution in [2.75, 3.05) is 0 Å². The highest BCUT2D eigenvalue weighted by molar-refractivity contribution is 5.45. The molecule has 0 atom stereocenters. The minimum Gasteiger partial charge on any atom is -1.00 e. The van der Waals surface area contributed by atoms with Gasteiger partial charge in [-0.25, -0.2) is 9.13 Å². The molecule has 1 aromatic carbocycles. The quantitative estimate of drug-likeness (QED) is 0.752. The van der Waals surface area contributed by atoms with Gasteiger partial charge in [-0.1, -0.05) is 52.3 Å². The Bertz CT molecular complexity index is 625. The van der Waals surface area contributed by atoms with E-state index in [0.29, 0.717) is 17.9 Å². The minimum absolute atomic E-state index is 0. The van der Waals surface area contributed by atoms with Crippen molar-refractivity contribution < 1.29 is 17.0 Å². The van der Waals surface area contributed by atoms with E-state index >= 15 is 0 Å². The third-order valence-corrected chi connectivity index (χ3v) is 5.25. The number of para-hydroxylation sites is 1. The van der Waals surface area contributed by atoms with Crippen molar-refractivity contribution in [3.8, 4) is 5.69 Å². The lowest BCUT2D eigenvalue weighted by molar-refractivity contribution is -0.596.